The predicted molar refractivity (Wildman–Crippen MR) is 70.3 cm³/mol. The molecule has 0 aromatic carbocycles. The van der Waals surface area contributed by atoms with Crippen LogP contribution in [0.3, 0.4) is 0 Å². The highest BCUT2D eigenvalue weighted by molar-refractivity contribution is 7.09. The summed E-state index contributed by atoms with van der Waals surface area (Å²) in [6.45, 7) is 3.00. The van der Waals surface area contributed by atoms with Crippen LogP contribution in [0.1, 0.15) is 24.7 Å². The molecule has 1 N–H and O–H groups in total. The highest BCUT2D eigenvalue weighted by atomic mass is 32.1. The van der Waals surface area contributed by atoms with Crippen molar-refractivity contribution in [2.24, 2.45) is 0 Å². The van der Waals surface area contributed by atoms with Crippen molar-refractivity contribution in [2.45, 2.75) is 26.2 Å². The van der Waals surface area contributed by atoms with Crippen LogP contribution in [-0.4, -0.2) is 20.9 Å². The molecule has 0 saturated heterocycles. The number of aryl methyl sites for hydroxylation is 1. The van der Waals surface area contributed by atoms with Crippen LogP contribution in [0.4, 0.5) is 5.13 Å². The Kier molecular flexibility index (Phi) is 4.44. The molecule has 0 radical (unpaired) electrons. The second-order valence-corrected chi connectivity index (χ2v) is 4.56. The van der Waals surface area contributed by atoms with Gasteiger partial charge in [0, 0.05) is 36.9 Å². The zero-order valence-electron chi connectivity index (χ0n) is 9.89. The molecule has 17 heavy (non-hydrogen) atoms. The number of nitrogens with zero attached hydrogens (tertiary/aromatic N) is 3. The first kappa shape index (κ1) is 12.0. The number of rotatable bonds is 6. The molecule has 0 aliphatic rings. The quantitative estimate of drug-likeness (QED) is 0.853. The summed E-state index contributed by atoms with van der Waals surface area (Å²) >= 11 is 1.44. The molecule has 0 spiro atoms. The van der Waals surface area contributed by atoms with E-state index in [1.807, 2.05) is 12.3 Å². The van der Waals surface area contributed by atoms with Crippen LogP contribution in [-0.2, 0) is 12.8 Å². The third kappa shape index (κ3) is 3.78. The van der Waals surface area contributed by atoms with E-state index in [-0.39, 0.29) is 0 Å². The second kappa shape index (κ2) is 6.30. The fourth-order valence-electron chi connectivity index (χ4n) is 1.51. The predicted octanol–water partition coefficient (Wildman–Crippen LogP) is 2.54. The summed E-state index contributed by atoms with van der Waals surface area (Å²) in [5, 5.41) is 4.20. The number of aromatic nitrogens is 3. The molecular weight excluding hydrogens is 232 g/mol. The second-order valence-electron chi connectivity index (χ2n) is 3.80. The van der Waals surface area contributed by atoms with Crippen molar-refractivity contribution in [3.8, 4) is 0 Å². The molecule has 0 saturated carbocycles. The normalized spacial score (nSPS) is 10.4. The monoisotopic (exact) mass is 248 g/mol. The Bertz CT molecular complexity index is 441. The van der Waals surface area contributed by atoms with Crippen molar-refractivity contribution in [3.63, 3.8) is 0 Å². The van der Waals surface area contributed by atoms with Crippen molar-refractivity contribution in [2.75, 3.05) is 11.9 Å². The summed E-state index contributed by atoms with van der Waals surface area (Å²) in [4.78, 5) is 8.50. The number of nitrogens with one attached hydrogen (secondary N) is 1. The van der Waals surface area contributed by atoms with Gasteiger partial charge >= 0.3 is 0 Å². The van der Waals surface area contributed by atoms with Crippen LogP contribution in [0.15, 0.2) is 24.5 Å². The smallest absolute Gasteiger partial charge is 0.202 e. The largest absolute Gasteiger partial charge is 0.360 e. The summed E-state index contributed by atoms with van der Waals surface area (Å²) in [5.41, 5.74) is 1.23. The fourth-order valence-corrected chi connectivity index (χ4v) is 2.15. The third-order valence-electron chi connectivity index (χ3n) is 2.35. The van der Waals surface area contributed by atoms with Crippen molar-refractivity contribution in [1.82, 2.24) is 14.3 Å². The SMILES string of the molecule is CCCc1nsc(NCCc2cccnc2)n1. The van der Waals surface area contributed by atoms with E-state index < -0.39 is 0 Å². The van der Waals surface area contributed by atoms with Gasteiger partial charge in [-0.05, 0) is 24.5 Å². The molecule has 0 fully saturated rings. The van der Waals surface area contributed by atoms with Gasteiger partial charge in [-0.25, -0.2) is 4.98 Å². The van der Waals surface area contributed by atoms with E-state index in [0.717, 1.165) is 36.8 Å². The maximum absolute atomic E-state index is 4.41. The van der Waals surface area contributed by atoms with Gasteiger partial charge in [0.1, 0.15) is 5.82 Å². The lowest BCUT2D eigenvalue weighted by atomic mass is 10.2. The van der Waals surface area contributed by atoms with E-state index in [9.17, 15) is 0 Å². The minimum Gasteiger partial charge on any atom is -0.360 e. The fraction of sp³-hybridized carbons (Fsp3) is 0.417. The van der Waals surface area contributed by atoms with Crippen molar-refractivity contribution < 1.29 is 0 Å². The third-order valence-corrected chi connectivity index (χ3v) is 3.06. The number of hydrogen-bond donors (Lipinski definition) is 1. The van der Waals surface area contributed by atoms with Gasteiger partial charge in [-0.3, -0.25) is 4.98 Å². The Labute approximate surface area is 105 Å². The summed E-state index contributed by atoms with van der Waals surface area (Å²) in [7, 11) is 0. The van der Waals surface area contributed by atoms with Gasteiger partial charge < -0.3 is 5.32 Å². The minimum atomic E-state index is 0.868. The average Bonchev–Trinajstić information content (AvgIpc) is 2.79. The van der Waals surface area contributed by atoms with Gasteiger partial charge in [0.25, 0.3) is 0 Å². The lowest BCUT2D eigenvalue weighted by molar-refractivity contribution is 0.860. The van der Waals surface area contributed by atoms with Crippen LogP contribution >= 0.6 is 11.5 Å². The Hall–Kier alpha value is -1.49. The molecular formula is C12H16N4S. The van der Waals surface area contributed by atoms with Gasteiger partial charge in [-0.2, -0.15) is 4.37 Å². The van der Waals surface area contributed by atoms with Crippen LogP contribution in [0.2, 0.25) is 0 Å². The highest BCUT2D eigenvalue weighted by Crippen LogP contribution is 2.12. The topological polar surface area (TPSA) is 50.7 Å². The number of pyridine rings is 1. The molecule has 0 atom stereocenters. The molecule has 0 bridgehead atoms. The summed E-state index contributed by atoms with van der Waals surface area (Å²) in [6, 6.07) is 4.04. The van der Waals surface area contributed by atoms with Crippen molar-refractivity contribution in [1.29, 1.82) is 0 Å². The van der Waals surface area contributed by atoms with Crippen molar-refractivity contribution >= 4 is 16.7 Å². The maximum Gasteiger partial charge on any atom is 0.202 e. The van der Waals surface area contributed by atoms with Crippen LogP contribution in [0.25, 0.3) is 0 Å². The van der Waals surface area contributed by atoms with Crippen LogP contribution < -0.4 is 5.32 Å². The van der Waals surface area contributed by atoms with Gasteiger partial charge in [0.15, 0.2) is 0 Å². The van der Waals surface area contributed by atoms with Crippen LogP contribution in [0.5, 0.6) is 0 Å². The molecule has 2 aromatic rings. The van der Waals surface area contributed by atoms with E-state index in [1.54, 1.807) is 6.20 Å². The Morgan fingerprint density at radius 1 is 1.35 bits per heavy atom. The van der Waals surface area contributed by atoms with Gasteiger partial charge in [-0.15, -0.1) is 0 Å². The summed E-state index contributed by atoms with van der Waals surface area (Å²) in [6.07, 6.45) is 6.69. The molecule has 2 aromatic heterocycles. The zero-order valence-corrected chi connectivity index (χ0v) is 10.7. The molecule has 0 aliphatic carbocycles. The molecule has 4 nitrogen and oxygen atoms in total. The van der Waals surface area contributed by atoms with E-state index in [0.29, 0.717) is 0 Å². The van der Waals surface area contributed by atoms with Crippen molar-refractivity contribution in [3.05, 3.63) is 35.9 Å². The van der Waals surface area contributed by atoms with E-state index in [2.05, 4.69) is 32.6 Å². The molecule has 0 aliphatic heterocycles. The summed E-state index contributed by atoms with van der Waals surface area (Å²) in [5.74, 6) is 0.946. The average molecular weight is 248 g/mol. The van der Waals surface area contributed by atoms with Gasteiger partial charge in [-0.1, -0.05) is 13.0 Å². The molecule has 5 heteroatoms. The molecule has 0 unspecified atom stereocenters. The highest BCUT2D eigenvalue weighted by Gasteiger charge is 2.02. The Morgan fingerprint density at radius 2 is 2.29 bits per heavy atom. The van der Waals surface area contributed by atoms with Gasteiger partial charge in [0.2, 0.25) is 5.13 Å². The molecule has 2 heterocycles. The maximum atomic E-state index is 4.41. The number of hydrogen-bond acceptors (Lipinski definition) is 5. The molecule has 90 valence electrons. The van der Waals surface area contributed by atoms with Gasteiger partial charge in [0.05, 0.1) is 0 Å². The zero-order chi connectivity index (χ0) is 11.9. The lowest BCUT2D eigenvalue weighted by Gasteiger charge is -2.01. The Balaban J connectivity index is 1.78. The first-order chi connectivity index (χ1) is 8.38. The first-order valence-corrected chi connectivity index (χ1v) is 6.61. The Morgan fingerprint density at radius 3 is 3.06 bits per heavy atom. The minimum absolute atomic E-state index is 0.868. The van der Waals surface area contributed by atoms with E-state index >= 15 is 0 Å². The van der Waals surface area contributed by atoms with E-state index in [4.69, 9.17) is 0 Å². The molecule has 0 amide bonds. The molecule has 2 rings (SSSR count). The standard InChI is InChI=1S/C12H16N4S/c1-2-4-11-15-12(17-16-11)14-8-6-10-5-3-7-13-9-10/h3,5,7,9H,2,4,6,8H2,1H3,(H,14,15,16). The van der Waals surface area contributed by atoms with Crippen LogP contribution in [0, 0.1) is 0 Å². The first-order valence-electron chi connectivity index (χ1n) is 5.84. The lowest BCUT2D eigenvalue weighted by Crippen LogP contribution is -2.04. The summed E-state index contributed by atoms with van der Waals surface area (Å²) < 4.78 is 4.29. The number of anilines is 1. The van der Waals surface area contributed by atoms with E-state index in [1.165, 1.54) is 17.1 Å².